The largest absolute Gasteiger partial charge is 0.416 e. The molecule has 23 heavy (non-hydrogen) atoms. The van der Waals surface area contributed by atoms with E-state index in [0.29, 0.717) is 5.92 Å². The van der Waals surface area contributed by atoms with Crippen LogP contribution in [-0.4, -0.2) is 16.1 Å². The molecule has 1 saturated carbocycles. The van der Waals surface area contributed by atoms with Crippen molar-refractivity contribution in [3.05, 3.63) is 52.3 Å². The Balaban J connectivity index is 1.79. The molecule has 1 aromatic carbocycles. The SMILES string of the molecule is O=C(Nc1cc(C(F)(F)F)ccc1Cl)c1ccc(C2CC2)nn1. The molecule has 1 heterocycles. The zero-order valence-corrected chi connectivity index (χ0v) is 12.4. The fourth-order valence-corrected chi connectivity index (χ4v) is 2.21. The standard InChI is InChI=1S/C15H11ClF3N3O/c16-10-4-3-9(15(17,18)19)7-13(10)20-14(23)12-6-5-11(21-22-12)8-1-2-8/h3-8H,1-2H2,(H,20,23). The molecule has 0 spiro atoms. The normalized spacial score (nSPS) is 14.6. The third kappa shape index (κ3) is 3.61. The van der Waals surface area contributed by atoms with E-state index in [9.17, 15) is 18.0 Å². The number of rotatable bonds is 3. The molecule has 1 fully saturated rings. The molecule has 2 aromatic rings. The first-order valence-electron chi connectivity index (χ1n) is 6.86. The van der Waals surface area contributed by atoms with Crippen LogP contribution >= 0.6 is 11.6 Å². The van der Waals surface area contributed by atoms with Crippen LogP contribution in [0.25, 0.3) is 0 Å². The number of nitrogens with one attached hydrogen (secondary N) is 1. The highest BCUT2D eigenvalue weighted by molar-refractivity contribution is 6.33. The van der Waals surface area contributed by atoms with Gasteiger partial charge in [-0.3, -0.25) is 4.79 Å². The Morgan fingerprint density at radius 3 is 2.48 bits per heavy atom. The average Bonchev–Trinajstić information content (AvgIpc) is 3.33. The lowest BCUT2D eigenvalue weighted by atomic mass is 10.2. The Morgan fingerprint density at radius 1 is 1.17 bits per heavy atom. The van der Waals surface area contributed by atoms with Crippen LogP contribution in [0.15, 0.2) is 30.3 Å². The molecule has 1 aliphatic carbocycles. The van der Waals surface area contributed by atoms with Crippen LogP contribution in [0.3, 0.4) is 0 Å². The van der Waals surface area contributed by atoms with Crippen LogP contribution < -0.4 is 5.32 Å². The lowest BCUT2D eigenvalue weighted by Crippen LogP contribution is -2.16. The van der Waals surface area contributed by atoms with E-state index in [0.717, 1.165) is 36.7 Å². The molecule has 0 radical (unpaired) electrons. The smallest absolute Gasteiger partial charge is 0.319 e. The van der Waals surface area contributed by atoms with Crippen molar-refractivity contribution in [2.75, 3.05) is 5.32 Å². The number of alkyl halides is 3. The number of carbonyl (C=O) groups is 1. The van der Waals surface area contributed by atoms with Gasteiger partial charge in [0.1, 0.15) is 0 Å². The molecular formula is C15H11ClF3N3O. The predicted octanol–water partition coefficient (Wildman–Crippen LogP) is 4.28. The first kappa shape index (κ1) is 15.7. The number of carbonyl (C=O) groups excluding carboxylic acids is 1. The Morgan fingerprint density at radius 2 is 1.91 bits per heavy atom. The quantitative estimate of drug-likeness (QED) is 0.906. The van der Waals surface area contributed by atoms with Crippen molar-refractivity contribution in [1.82, 2.24) is 10.2 Å². The third-order valence-electron chi connectivity index (χ3n) is 3.46. The average molecular weight is 342 g/mol. The van der Waals surface area contributed by atoms with E-state index in [4.69, 9.17) is 11.6 Å². The van der Waals surface area contributed by atoms with E-state index < -0.39 is 17.6 Å². The highest BCUT2D eigenvalue weighted by Crippen LogP contribution is 2.38. The van der Waals surface area contributed by atoms with Crippen LogP contribution in [0, 0.1) is 0 Å². The van der Waals surface area contributed by atoms with E-state index in [2.05, 4.69) is 15.5 Å². The van der Waals surface area contributed by atoms with Gasteiger partial charge >= 0.3 is 6.18 Å². The van der Waals surface area contributed by atoms with Gasteiger partial charge in [-0.05, 0) is 43.2 Å². The van der Waals surface area contributed by atoms with E-state index in [1.54, 1.807) is 6.07 Å². The number of halogens is 4. The van der Waals surface area contributed by atoms with E-state index >= 15 is 0 Å². The molecule has 4 nitrogen and oxygen atoms in total. The zero-order chi connectivity index (χ0) is 16.6. The second-order valence-electron chi connectivity index (χ2n) is 5.26. The number of anilines is 1. The Labute approximate surface area is 134 Å². The van der Waals surface area contributed by atoms with Gasteiger partial charge in [0.15, 0.2) is 5.69 Å². The predicted molar refractivity (Wildman–Crippen MR) is 78.4 cm³/mol. The van der Waals surface area contributed by atoms with Crippen LogP contribution in [0.2, 0.25) is 5.02 Å². The summed E-state index contributed by atoms with van der Waals surface area (Å²) in [6.45, 7) is 0. The van der Waals surface area contributed by atoms with Crippen LogP contribution in [-0.2, 0) is 6.18 Å². The molecule has 0 saturated heterocycles. The second kappa shape index (κ2) is 5.81. The molecule has 0 unspecified atom stereocenters. The number of aromatic nitrogens is 2. The summed E-state index contributed by atoms with van der Waals surface area (Å²) in [6.07, 6.45) is -2.41. The summed E-state index contributed by atoms with van der Waals surface area (Å²) in [5, 5.41) is 10.1. The number of hydrogen-bond acceptors (Lipinski definition) is 3. The maximum atomic E-state index is 12.7. The molecule has 0 bridgehead atoms. The molecule has 0 atom stereocenters. The number of nitrogens with zero attached hydrogens (tertiary/aromatic N) is 2. The van der Waals surface area contributed by atoms with Crippen LogP contribution in [0.1, 0.15) is 40.5 Å². The van der Waals surface area contributed by atoms with Crippen molar-refractivity contribution in [1.29, 1.82) is 0 Å². The molecule has 0 aliphatic heterocycles. The van der Waals surface area contributed by atoms with Crippen molar-refractivity contribution < 1.29 is 18.0 Å². The van der Waals surface area contributed by atoms with Gasteiger partial charge < -0.3 is 5.32 Å². The molecule has 1 N–H and O–H groups in total. The lowest BCUT2D eigenvalue weighted by Gasteiger charge is -2.11. The fraction of sp³-hybridized carbons (Fsp3) is 0.267. The number of amides is 1. The number of benzene rings is 1. The minimum absolute atomic E-state index is 0.00825. The Kier molecular flexibility index (Phi) is 3.97. The van der Waals surface area contributed by atoms with Crippen molar-refractivity contribution in [2.24, 2.45) is 0 Å². The second-order valence-corrected chi connectivity index (χ2v) is 5.67. The minimum Gasteiger partial charge on any atom is -0.319 e. The molecule has 3 rings (SSSR count). The van der Waals surface area contributed by atoms with Crippen LogP contribution in [0.4, 0.5) is 18.9 Å². The first-order chi connectivity index (χ1) is 10.8. The Bertz CT molecular complexity index is 743. The summed E-state index contributed by atoms with van der Waals surface area (Å²) < 4.78 is 38.1. The molecule has 120 valence electrons. The van der Waals surface area contributed by atoms with Gasteiger partial charge in [-0.2, -0.15) is 18.3 Å². The molecule has 8 heteroatoms. The molecule has 1 amide bonds. The maximum Gasteiger partial charge on any atom is 0.416 e. The highest BCUT2D eigenvalue weighted by atomic mass is 35.5. The van der Waals surface area contributed by atoms with Crippen molar-refractivity contribution in [3.8, 4) is 0 Å². The topological polar surface area (TPSA) is 54.9 Å². The van der Waals surface area contributed by atoms with Crippen LogP contribution in [0.5, 0.6) is 0 Å². The van der Waals surface area contributed by atoms with Gasteiger partial charge in [-0.15, -0.1) is 5.10 Å². The highest BCUT2D eigenvalue weighted by Gasteiger charge is 2.31. The van der Waals surface area contributed by atoms with E-state index in [1.165, 1.54) is 6.07 Å². The third-order valence-corrected chi connectivity index (χ3v) is 3.78. The summed E-state index contributed by atoms with van der Waals surface area (Å²) in [4.78, 5) is 12.1. The van der Waals surface area contributed by atoms with Gasteiger partial charge in [0.05, 0.1) is 22.0 Å². The Hall–Kier alpha value is -2.15. The summed E-state index contributed by atoms with van der Waals surface area (Å²) in [7, 11) is 0. The van der Waals surface area contributed by atoms with Gasteiger partial charge in [0.25, 0.3) is 5.91 Å². The first-order valence-corrected chi connectivity index (χ1v) is 7.24. The summed E-state index contributed by atoms with van der Waals surface area (Å²) in [5.74, 6) is -0.265. The monoisotopic (exact) mass is 341 g/mol. The van der Waals surface area contributed by atoms with Gasteiger partial charge in [0, 0.05) is 5.92 Å². The molecular weight excluding hydrogens is 331 g/mol. The van der Waals surface area contributed by atoms with Gasteiger partial charge in [-0.25, -0.2) is 0 Å². The molecule has 1 aromatic heterocycles. The summed E-state index contributed by atoms with van der Waals surface area (Å²) in [6, 6.07) is 5.92. The minimum atomic E-state index is -4.52. The van der Waals surface area contributed by atoms with Crippen molar-refractivity contribution in [3.63, 3.8) is 0 Å². The van der Waals surface area contributed by atoms with Gasteiger partial charge in [-0.1, -0.05) is 11.6 Å². The van der Waals surface area contributed by atoms with E-state index in [1.807, 2.05) is 0 Å². The van der Waals surface area contributed by atoms with E-state index in [-0.39, 0.29) is 16.4 Å². The maximum absolute atomic E-state index is 12.7. The van der Waals surface area contributed by atoms with Gasteiger partial charge in [0.2, 0.25) is 0 Å². The zero-order valence-electron chi connectivity index (χ0n) is 11.7. The fourth-order valence-electron chi connectivity index (χ4n) is 2.04. The number of hydrogen-bond donors (Lipinski definition) is 1. The van der Waals surface area contributed by atoms with Crippen molar-refractivity contribution in [2.45, 2.75) is 24.9 Å². The lowest BCUT2D eigenvalue weighted by molar-refractivity contribution is -0.137. The summed E-state index contributed by atoms with van der Waals surface area (Å²) in [5.41, 5.74) is -0.187. The summed E-state index contributed by atoms with van der Waals surface area (Å²) >= 11 is 5.83. The van der Waals surface area contributed by atoms with Crippen molar-refractivity contribution >= 4 is 23.2 Å². The molecule has 1 aliphatic rings.